The lowest BCUT2D eigenvalue weighted by Crippen LogP contribution is -2.49. The van der Waals surface area contributed by atoms with Gasteiger partial charge in [-0.05, 0) is 18.2 Å². The fourth-order valence-corrected chi connectivity index (χ4v) is 2.51. The highest BCUT2D eigenvalue weighted by molar-refractivity contribution is 6.33. The number of nitrogen functional groups attached to an aromatic ring is 1. The molecule has 0 aromatic heterocycles. The number of piperazine rings is 1. The first-order valence-corrected chi connectivity index (χ1v) is 7.36. The highest BCUT2D eigenvalue weighted by atomic mass is 35.5. The third-order valence-electron chi connectivity index (χ3n) is 3.51. The second-order valence-electron chi connectivity index (χ2n) is 5.13. The molecule has 7 heteroatoms. The van der Waals surface area contributed by atoms with E-state index in [0.29, 0.717) is 29.5 Å². The smallest absolute Gasteiger partial charge is 0.238 e. The first-order chi connectivity index (χ1) is 10.1. The Balaban J connectivity index is 1.81. The van der Waals surface area contributed by atoms with E-state index in [1.165, 1.54) is 0 Å². The van der Waals surface area contributed by atoms with Gasteiger partial charge < -0.3 is 16.2 Å². The lowest BCUT2D eigenvalue weighted by Gasteiger charge is -2.33. The van der Waals surface area contributed by atoms with Crippen molar-refractivity contribution >= 4 is 28.9 Å². The highest BCUT2D eigenvalue weighted by Gasteiger charge is 2.18. The minimum Gasteiger partial charge on any atom is -0.399 e. The molecule has 1 aromatic rings. The van der Waals surface area contributed by atoms with E-state index >= 15 is 0 Å². The van der Waals surface area contributed by atoms with Gasteiger partial charge in [0.1, 0.15) is 0 Å². The molecule has 1 aromatic carbocycles. The van der Waals surface area contributed by atoms with Gasteiger partial charge in [-0.2, -0.15) is 0 Å². The van der Waals surface area contributed by atoms with Crippen LogP contribution in [-0.2, 0) is 4.79 Å². The monoisotopic (exact) mass is 312 g/mol. The van der Waals surface area contributed by atoms with Gasteiger partial charge in [-0.15, -0.1) is 0 Å². The van der Waals surface area contributed by atoms with Crippen molar-refractivity contribution in [2.24, 2.45) is 0 Å². The van der Waals surface area contributed by atoms with Gasteiger partial charge in [0, 0.05) is 38.4 Å². The predicted molar refractivity (Wildman–Crippen MR) is 84.5 cm³/mol. The molecule has 1 aliphatic rings. The molecule has 6 nitrogen and oxygen atoms in total. The van der Waals surface area contributed by atoms with Crippen LogP contribution >= 0.6 is 11.6 Å². The summed E-state index contributed by atoms with van der Waals surface area (Å²) >= 11 is 6.02. The van der Waals surface area contributed by atoms with E-state index in [4.69, 9.17) is 22.4 Å². The second kappa shape index (κ2) is 7.61. The average molecular weight is 313 g/mol. The maximum Gasteiger partial charge on any atom is 0.238 e. The van der Waals surface area contributed by atoms with Crippen LogP contribution in [0, 0.1) is 0 Å². The first-order valence-electron chi connectivity index (χ1n) is 6.99. The topological polar surface area (TPSA) is 81.8 Å². The summed E-state index contributed by atoms with van der Waals surface area (Å²) in [5.74, 6) is -0.0990. The number of β-amino-alcohol motifs (C(OH)–C–C–N with tert-alkyl or cyclic N) is 1. The van der Waals surface area contributed by atoms with Gasteiger partial charge >= 0.3 is 0 Å². The number of nitrogens with one attached hydrogen (secondary N) is 1. The fourth-order valence-electron chi connectivity index (χ4n) is 2.34. The van der Waals surface area contributed by atoms with Crippen molar-refractivity contribution < 1.29 is 9.90 Å². The molecule has 0 saturated carbocycles. The van der Waals surface area contributed by atoms with Gasteiger partial charge in [0.25, 0.3) is 0 Å². The van der Waals surface area contributed by atoms with Crippen molar-refractivity contribution in [3.05, 3.63) is 23.2 Å². The molecule has 1 heterocycles. The second-order valence-corrected chi connectivity index (χ2v) is 5.54. The number of benzene rings is 1. The number of amides is 1. The summed E-state index contributed by atoms with van der Waals surface area (Å²) in [6.45, 7) is 4.57. The van der Waals surface area contributed by atoms with Gasteiger partial charge in [0.2, 0.25) is 5.91 Å². The highest BCUT2D eigenvalue weighted by Crippen LogP contribution is 2.23. The van der Waals surface area contributed by atoms with Crippen molar-refractivity contribution in [2.45, 2.75) is 0 Å². The zero-order valence-corrected chi connectivity index (χ0v) is 12.6. The summed E-state index contributed by atoms with van der Waals surface area (Å²) in [4.78, 5) is 16.3. The Bertz CT molecular complexity index is 490. The number of hydrogen-bond donors (Lipinski definition) is 3. The molecule has 0 bridgehead atoms. The lowest BCUT2D eigenvalue weighted by atomic mass is 10.2. The maximum atomic E-state index is 12.0. The average Bonchev–Trinajstić information content (AvgIpc) is 2.45. The Morgan fingerprint density at radius 2 is 1.95 bits per heavy atom. The van der Waals surface area contributed by atoms with Crippen molar-refractivity contribution in [3.63, 3.8) is 0 Å². The fraction of sp³-hybridized carbons (Fsp3) is 0.500. The molecule has 1 aliphatic heterocycles. The molecule has 0 radical (unpaired) electrons. The van der Waals surface area contributed by atoms with Gasteiger partial charge in [-0.1, -0.05) is 11.6 Å². The van der Waals surface area contributed by atoms with E-state index in [0.717, 1.165) is 26.2 Å². The maximum absolute atomic E-state index is 12.0. The van der Waals surface area contributed by atoms with Crippen LogP contribution in [0.3, 0.4) is 0 Å². The molecule has 2 rings (SSSR count). The normalized spacial score (nSPS) is 16.9. The predicted octanol–water partition coefficient (Wildman–Crippen LogP) is 0.471. The number of nitrogens with two attached hydrogens (primary N) is 1. The largest absolute Gasteiger partial charge is 0.399 e. The summed E-state index contributed by atoms with van der Waals surface area (Å²) in [5.41, 5.74) is 6.79. The summed E-state index contributed by atoms with van der Waals surface area (Å²) in [5, 5.41) is 12.2. The molecule has 1 fully saturated rings. The number of carbonyl (C=O) groups excluding carboxylic acids is 1. The number of carbonyl (C=O) groups is 1. The molecule has 21 heavy (non-hydrogen) atoms. The number of nitrogens with zero attached hydrogens (tertiary/aromatic N) is 2. The Morgan fingerprint density at radius 3 is 2.62 bits per heavy atom. The molecule has 0 spiro atoms. The zero-order chi connectivity index (χ0) is 15.2. The Morgan fingerprint density at radius 1 is 1.29 bits per heavy atom. The number of aliphatic hydroxyl groups excluding tert-OH is 1. The third kappa shape index (κ3) is 4.86. The number of aliphatic hydroxyl groups is 1. The van der Waals surface area contributed by atoms with Crippen molar-refractivity contribution in [1.29, 1.82) is 0 Å². The molecule has 0 unspecified atom stereocenters. The van der Waals surface area contributed by atoms with Crippen LogP contribution in [0.15, 0.2) is 18.2 Å². The first kappa shape index (κ1) is 16.0. The molecule has 116 valence electrons. The SMILES string of the molecule is Nc1ccc(Cl)c(NC(=O)CN2CCN(CCO)CC2)c1. The number of halogens is 1. The van der Waals surface area contributed by atoms with Crippen LogP contribution in [0.5, 0.6) is 0 Å². The van der Waals surface area contributed by atoms with Crippen LogP contribution in [0.2, 0.25) is 5.02 Å². The summed E-state index contributed by atoms with van der Waals surface area (Å²) in [6, 6.07) is 5.01. The van der Waals surface area contributed by atoms with E-state index in [-0.39, 0.29) is 12.5 Å². The van der Waals surface area contributed by atoms with E-state index in [1.807, 2.05) is 0 Å². The Labute approximate surface area is 129 Å². The number of rotatable bonds is 5. The van der Waals surface area contributed by atoms with Crippen LogP contribution in [0.25, 0.3) is 0 Å². The van der Waals surface area contributed by atoms with Crippen molar-refractivity contribution in [1.82, 2.24) is 9.80 Å². The number of hydrogen-bond acceptors (Lipinski definition) is 5. The lowest BCUT2D eigenvalue weighted by molar-refractivity contribution is -0.117. The van der Waals surface area contributed by atoms with E-state index < -0.39 is 0 Å². The van der Waals surface area contributed by atoms with Gasteiger partial charge in [0.15, 0.2) is 0 Å². The van der Waals surface area contributed by atoms with Crippen LogP contribution < -0.4 is 11.1 Å². The van der Waals surface area contributed by atoms with Gasteiger partial charge in [-0.3, -0.25) is 14.6 Å². The van der Waals surface area contributed by atoms with E-state index in [9.17, 15) is 4.79 Å². The van der Waals surface area contributed by atoms with E-state index in [1.54, 1.807) is 18.2 Å². The molecule has 0 atom stereocenters. The molecule has 1 amide bonds. The van der Waals surface area contributed by atoms with Crippen LogP contribution in [0.4, 0.5) is 11.4 Å². The third-order valence-corrected chi connectivity index (χ3v) is 3.84. The minimum atomic E-state index is -0.0990. The van der Waals surface area contributed by atoms with Gasteiger partial charge in [-0.25, -0.2) is 0 Å². The Kier molecular flexibility index (Phi) is 5.81. The molecule has 1 saturated heterocycles. The minimum absolute atomic E-state index is 0.0990. The molecule has 0 aliphatic carbocycles. The standard InChI is InChI=1S/C14H21ClN4O2/c15-12-2-1-11(16)9-13(12)17-14(21)10-19-5-3-18(4-6-19)7-8-20/h1-2,9,20H,3-8,10,16H2,(H,17,21). The molecule has 4 N–H and O–H groups in total. The number of anilines is 2. The van der Waals surface area contributed by atoms with Crippen LogP contribution in [0.1, 0.15) is 0 Å². The molecular weight excluding hydrogens is 292 g/mol. The van der Waals surface area contributed by atoms with Crippen molar-refractivity contribution in [3.8, 4) is 0 Å². The Hall–Kier alpha value is -1.34. The van der Waals surface area contributed by atoms with E-state index in [2.05, 4.69) is 15.1 Å². The quantitative estimate of drug-likeness (QED) is 0.689. The molecular formula is C14H21ClN4O2. The van der Waals surface area contributed by atoms with Crippen molar-refractivity contribution in [2.75, 3.05) is 56.9 Å². The summed E-state index contributed by atoms with van der Waals surface area (Å²) in [6.07, 6.45) is 0. The summed E-state index contributed by atoms with van der Waals surface area (Å²) < 4.78 is 0. The summed E-state index contributed by atoms with van der Waals surface area (Å²) in [7, 11) is 0. The zero-order valence-electron chi connectivity index (χ0n) is 11.9. The van der Waals surface area contributed by atoms with Gasteiger partial charge in [0.05, 0.1) is 23.9 Å². The van der Waals surface area contributed by atoms with Crippen LogP contribution in [-0.4, -0.2) is 66.7 Å².